The van der Waals surface area contributed by atoms with E-state index in [0.29, 0.717) is 30.0 Å². The van der Waals surface area contributed by atoms with E-state index in [1.54, 1.807) is 29.2 Å². The van der Waals surface area contributed by atoms with Gasteiger partial charge in [-0.3, -0.25) is 9.59 Å². The maximum absolute atomic E-state index is 13.7. The molecule has 0 radical (unpaired) electrons. The van der Waals surface area contributed by atoms with Gasteiger partial charge in [-0.15, -0.1) is 0 Å². The van der Waals surface area contributed by atoms with Crippen molar-refractivity contribution < 1.29 is 29.3 Å². The van der Waals surface area contributed by atoms with Gasteiger partial charge in [0.05, 0.1) is 0 Å². The van der Waals surface area contributed by atoms with Crippen molar-refractivity contribution >= 4 is 23.0 Å². The van der Waals surface area contributed by atoms with Crippen LogP contribution in [0.2, 0.25) is 0 Å². The average molecular weight is 555 g/mol. The first kappa shape index (κ1) is 26.5. The molecule has 4 aromatic rings. The number of amides is 1. The van der Waals surface area contributed by atoms with E-state index < -0.39 is 28.6 Å². The molecule has 6 rings (SSSR count). The number of benzene rings is 3. The smallest absolute Gasteiger partial charge is 0.223 e. The second kappa shape index (κ2) is 10.7. The minimum absolute atomic E-state index is 0.0434. The summed E-state index contributed by atoms with van der Waals surface area (Å²) in [7, 11) is 2.00. The average Bonchev–Trinajstić information content (AvgIpc) is 2.99. The van der Waals surface area contributed by atoms with Crippen LogP contribution in [0.5, 0.6) is 23.0 Å². The van der Waals surface area contributed by atoms with E-state index in [4.69, 9.17) is 9.15 Å². The minimum atomic E-state index is -0.845. The lowest BCUT2D eigenvalue weighted by Crippen LogP contribution is -2.47. The van der Waals surface area contributed by atoms with Crippen LogP contribution in [0, 0.1) is 0 Å². The SMILES string of the molecule is CN1CCN(C(=O)C[C@@H](C2=Cc3ccccc3OC2)c2c(O)c(O)c(O)c3c(=O)cc(-c4ccccc4)oc23)CC1. The van der Waals surface area contributed by atoms with Crippen molar-refractivity contribution in [2.45, 2.75) is 12.3 Å². The molecular weight excluding hydrogens is 524 g/mol. The van der Waals surface area contributed by atoms with Crippen LogP contribution >= 0.6 is 0 Å². The van der Waals surface area contributed by atoms with Crippen molar-refractivity contribution in [1.82, 2.24) is 9.80 Å². The molecule has 1 saturated heterocycles. The van der Waals surface area contributed by atoms with Gasteiger partial charge in [-0.05, 0) is 24.8 Å². The van der Waals surface area contributed by atoms with Gasteiger partial charge in [0, 0.05) is 61.3 Å². The van der Waals surface area contributed by atoms with E-state index in [1.165, 1.54) is 6.07 Å². The highest BCUT2D eigenvalue weighted by atomic mass is 16.5. The van der Waals surface area contributed by atoms with Crippen LogP contribution in [-0.4, -0.2) is 70.9 Å². The Bertz CT molecular complexity index is 1720. The second-order valence-electron chi connectivity index (χ2n) is 10.5. The number of fused-ring (bicyclic) bond motifs is 2. The number of likely N-dealkylation sites (N-methyl/N-ethyl adjacent to an activating group) is 1. The normalized spacial score (nSPS) is 16.1. The summed E-state index contributed by atoms with van der Waals surface area (Å²) in [6, 6.07) is 17.7. The maximum atomic E-state index is 13.7. The first-order valence-corrected chi connectivity index (χ1v) is 13.5. The molecule has 0 bridgehead atoms. The fraction of sp³-hybridized carbons (Fsp3) is 0.250. The van der Waals surface area contributed by atoms with Gasteiger partial charge < -0.3 is 34.3 Å². The molecule has 0 unspecified atom stereocenters. The minimum Gasteiger partial charge on any atom is -0.504 e. The molecule has 0 spiro atoms. The molecule has 3 aromatic carbocycles. The Morgan fingerprint density at radius 3 is 2.39 bits per heavy atom. The summed E-state index contributed by atoms with van der Waals surface area (Å²) in [5.74, 6) is -2.36. The molecule has 210 valence electrons. The van der Waals surface area contributed by atoms with Gasteiger partial charge in [-0.1, -0.05) is 48.5 Å². The summed E-state index contributed by atoms with van der Waals surface area (Å²) in [6.45, 7) is 2.70. The molecule has 41 heavy (non-hydrogen) atoms. The molecule has 1 atom stereocenters. The summed E-state index contributed by atoms with van der Waals surface area (Å²) in [4.78, 5) is 30.9. The van der Waals surface area contributed by atoms with Crippen LogP contribution < -0.4 is 10.2 Å². The van der Waals surface area contributed by atoms with E-state index in [9.17, 15) is 24.9 Å². The summed E-state index contributed by atoms with van der Waals surface area (Å²) in [5, 5.41) is 32.6. The number of nitrogens with zero attached hydrogens (tertiary/aromatic N) is 2. The third kappa shape index (κ3) is 4.89. The summed E-state index contributed by atoms with van der Waals surface area (Å²) in [6.07, 6.45) is 1.82. The van der Waals surface area contributed by atoms with Crippen molar-refractivity contribution in [3.8, 4) is 34.3 Å². The number of phenolic OH excluding ortho intramolecular Hbond substituents is 3. The maximum Gasteiger partial charge on any atom is 0.223 e. The number of phenols is 3. The lowest BCUT2D eigenvalue weighted by Gasteiger charge is -2.34. The summed E-state index contributed by atoms with van der Waals surface area (Å²) >= 11 is 0. The van der Waals surface area contributed by atoms with Crippen molar-refractivity contribution in [2.24, 2.45) is 0 Å². The standard InChI is InChI=1S/C32H30N2O7/c1-33-11-13-34(14-12-33)26(36)16-22(21-15-20-9-5-6-10-24(20)40-18-21)27-29(37)31(39)30(38)28-23(35)17-25(41-32(27)28)19-7-3-2-4-8-19/h2-10,15,17,22,37-39H,11-14,16,18H2,1H3/t22-/m0/s1. The van der Waals surface area contributed by atoms with Crippen molar-refractivity contribution in [3.05, 3.63) is 87.6 Å². The predicted molar refractivity (Wildman–Crippen MR) is 154 cm³/mol. The van der Waals surface area contributed by atoms with Crippen LogP contribution in [0.25, 0.3) is 28.4 Å². The molecule has 0 saturated carbocycles. The highest BCUT2D eigenvalue weighted by Crippen LogP contribution is 2.50. The van der Waals surface area contributed by atoms with Gasteiger partial charge in [0.25, 0.3) is 0 Å². The zero-order valence-electron chi connectivity index (χ0n) is 22.5. The molecule has 1 fully saturated rings. The predicted octanol–water partition coefficient (Wildman–Crippen LogP) is 4.30. The number of carbonyl (C=O) groups excluding carboxylic acids is 1. The number of aromatic hydroxyl groups is 3. The quantitative estimate of drug-likeness (QED) is 0.312. The molecule has 3 heterocycles. The van der Waals surface area contributed by atoms with Crippen LogP contribution in [0.15, 0.2) is 75.4 Å². The molecule has 9 heteroatoms. The van der Waals surface area contributed by atoms with E-state index >= 15 is 0 Å². The van der Waals surface area contributed by atoms with Gasteiger partial charge in [-0.25, -0.2) is 0 Å². The van der Waals surface area contributed by atoms with Gasteiger partial charge in [0.2, 0.25) is 11.7 Å². The number of rotatable bonds is 5. The Balaban J connectivity index is 1.56. The van der Waals surface area contributed by atoms with Crippen LogP contribution in [0.1, 0.15) is 23.5 Å². The van der Waals surface area contributed by atoms with Crippen LogP contribution in [0.3, 0.4) is 0 Å². The Kier molecular flexibility index (Phi) is 6.88. The Labute approximate surface area is 236 Å². The van der Waals surface area contributed by atoms with Crippen molar-refractivity contribution in [1.29, 1.82) is 0 Å². The third-order valence-electron chi connectivity index (χ3n) is 7.88. The number of hydrogen-bond donors (Lipinski definition) is 3. The molecule has 2 aliphatic rings. The van der Waals surface area contributed by atoms with E-state index in [1.807, 2.05) is 43.5 Å². The first-order chi connectivity index (χ1) is 19.8. The van der Waals surface area contributed by atoms with Gasteiger partial charge in [-0.2, -0.15) is 0 Å². The fourth-order valence-corrected chi connectivity index (χ4v) is 5.55. The molecule has 0 aliphatic carbocycles. The van der Waals surface area contributed by atoms with Crippen LogP contribution in [0.4, 0.5) is 0 Å². The topological polar surface area (TPSA) is 124 Å². The molecule has 1 aromatic heterocycles. The molecule has 9 nitrogen and oxygen atoms in total. The number of carbonyl (C=O) groups is 1. The third-order valence-corrected chi connectivity index (χ3v) is 7.88. The second-order valence-corrected chi connectivity index (χ2v) is 10.5. The first-order valence-electron chi connectivity index (χ1n) is 13.5. The number of ether oxygens (including phenoxy) is 1. The fourth-order valence-electron chi connectivity index (χ4n) is 5.55. The van der Waals surface area contributed by atoms with E-state index in [0.717, 1.165) is 18.7 Å². The molecular formula is C32H30N2O7. The van der Waals surface area contributed by atoms with Gasteiger partial charge in [0.15, 0.2) is 16.9 Å². The Morgan fingerprint density at radius 2 is 1.63 bits per heavy atom. The lowest BCUT2D eigenvalue weighted by atomic mass is 9.84. The Morgan fingerprint density at radius 1 is 0.927 bits per heavy atom. The number of hydrogen-bond acceptors (Lipinski definition) is 8. The van der Waals surface area contributed by atoms with Gasteiger partial charge >= 0.3 is 0 Å². The van der Waals surface area contributed by atoms with Crippen LogP contribution in [-0.2, 0) is 4.79 Å². The Hall–Kier alpha value is -4.76. The highest BCUT2D eigenvalue weighted by Gasteiger charge is 2.34. The molecule has 3 N–H and O–H groups in total. The number of para-hydroxylation sites is 1. The van der Waals surface area contributed by atoms with Gasteiger partial charge in [0.1, 0.15) is 29.1 Å². The van der Waals surface area contributed by atoms with Crippen molar-refractivity contribution in [2.75, 3.05) is 39.8 Å². The zero-order valence-corrected chi connectivity index (χ0v) is 22.5. The van der Waals surface area contributed by atoms with Crippen molar-refractivity contribution in [3.63, 3.8) is 0 Å². The summed E-state index contributed by atoms with van der Waals surface area (Å²) < 4.78 is 12.2. The monoisotopic (exact) mass is 554 g/mol. The largest absolute Gasteiger partial charge is 0.504 e. The highest BCUT2D eigenvalue weighted by molar-refractivity contribution is 5.94. The molecule has 1 amide bonds. The zero-order chi connectivity index (χ0) is 28.7. The summed E-state index contributed by atoms with van der Waals surface area (Å²) in [5.41, 5.74) is 1.41. The van der Waals surface area contributed by atoms with E-state index in [-0.39, 0.29) is 41.2 Å². The lowest BCUT2D eigenvalue weighted by molar-refractivity contribution is -0.133. The van der Waals surface area contributed by atoms with E-state index in [2.05, 4.69) is 4.90 Å². The molecule has 2 aliphatic heterocycles. The number of piperazine rings is 1.